The Balaban J connectivity index is 2.65. The Bertz CT molecular complexity index is 36.9. The van der Waals surface area contributed by atoms with Gasteiger partial charge >= 0.3 is 0 Å². The van der Waals surface area contributed by atoms with Gasteiger partial charge in [-0.15, -0.1) is 0 Å². The van der Waals surface area contributed by atoms with E-state index in [1.807, 2.05) is 0 Å². The molecule has 0 atom stereocenters. The van der Waals surface area contributed by atoms with Gasteiger partial charge in [0.2, 0.25) is 0 Å². The molecular formula is C2H4N2O. The molecule has 0 aromatic rings. The van der Waals surface area contributed by atoms with Gasteiger partial charge in [0.15, 0.2) is 0 Å². The molecule has 0 amide bonds. The monoisotopic (exact) mass is 72.0 g/mol. The molecule has 0 aromatic heterocycles. The Morgan fingerprint density at radius 2 is 2.60 bits per heavy atom. The molecule has 0 saturated heterocycles. The van der Waals surface area contributed by atoms with Crippen molar-refractivity contribution in [1.82, 2.24) is 0 Å². The maximum absolute atomic E-state index is 9.19. The van der Waals surface area contributed by atoms with Crippen LogP contribution in [-0.2, 0) is 4.79 Å². The van der Waals surface area contributed by atoms with Crippen LogP contribution in [-0.4, -0.2) is 12.8 Å². The molecule has 0 aliphatic rings. The lowest BCUT2D eigenvalue weighted by molar-refractivity contribution is -0.106. The summed E-state index contributed by atoms with van der Waals surface area (Å²) in [6, 6.07) is 0. The highest BCUT2D eigenvalue weighted by Gasteiger charge is 1.61. The number of aldehydes is 1. The third-order valence-electron chi connectivity index (χ3n) is 0.166. The van der Waals surface area contributed by atoms with Gasteiger partial charge in [-0.2, -0.15) is 5.11 Å². The van der Waals surface area contributed by atoms with E-state index in [0.29, 0.717) is 6.29 Å². The lowest BCUT2D eigenvalue weighted by Gasteiger charge is -1.59. The molecule has 1 N–H and O–H groups in total. The summed E-state index contributed by atoms with van der Waals surface area (Å²) in [4.78, 5) is 9.19. The largest absolute Gasteiger partial charge is 0.301 e. The van der Waals surface area contributed by atoms with E-state index < -0.39 is 0 Å². The highest BCUT2D eigenvalue weighted by atomic mass is 16.1. The van der Waals surface area contributed by atoms with Crippen molar-refractivity contribution in [3.05, 3.63) is 0 Å². The maximum Gasteiger partial charge on any atom is 0.143 e. The number of hydrogen-bond donors (Lipinski definition) is 1. The van der Waals surface area contributed by atoms with Gasteiger partial charge in [-0.25, -0.2) is 5.53 Å². The van der Waals surface area contributed by atoms with Crippen molar-refractivity contribution in [2.45, 2.75) is 0 Å². The summed E-state index contributed by atoms with van der Waals surface area (Å²) in [7, 11) is 0. The van der Waals surface area contributed by atoms with Crippen LogP contribution < -0.4 is 0 Å². The van der Waals surface area contributed by atoms with Crippen LogP contribution in [0.5, 0.6) is 0 Å². The van der Waals surface area contributed by atoms with E-state index in [4.69, 9.17) is 5.53 Å². The average molecular weight is 72.1 g/mol. The molecule has 0 spiro atoms. The van der Waals surface area contributed by atoms with Gasteiger partial charge in [-0.1, -0.05) is 0 Å². The van der Waals surface area contributed by atoms with E-state index in [1.165, 1.54) is 0 Å². The van der Waals surface area contributed by atoms with Crippen molar-refractivity contribution < 1.29 is 4.79 Å². The molecule has 0 heterocycles. The summed E-state index contributed by atoms with van der Waals surface area (Å²) in [5.74, 6) is 0. The fourth-order valence-electron chi connectivity index (χ4n) is 0.0373. The van der Waals surface area contributed by atoms with Gasteiger partial charge in [0.25, 0.3) is 0 Å². The standard InChI is InChI=1S/C2H4N2O/c3-4-1-2-5/h2-3H,1H2. The Morgan fingerprint density at radius 3 is 2.60 bits per heavy atom. The summed E-state index contributed by atoms with van der Waals surface area (Å²) in [6.07, 6.45) is 0.576. The summed E-state index contributed by atoms with van der Waals surface area (Å²) in [5.41, 5.74) is 6.00. The second-order valence-corrected chi connectivity index (χ2v) is 0.507. The molecule has 0 bridgehead atoms. The fourth-order valence-corrected chi connectivity index (χ4v) is 0.0373. The fraction of sp³-hybridized carbons (Fsp3) is 0.500. The minimum absolute atomic E-state index is 0. The van der Waals surface area contributed by atoms with Crippen LogP contribution in [0.2, 0.25) is 0 Å². The van der Waals surface area contributed by atoms with Gasteiger partial charge in [0, 0.05) is 0 Å². The Morgan fingerprint density at radius 1 is 2.00 bits per heavy atom. The highest BCUT2D eigenvalue weighted by molar-refractivity contribution is 5.51. The SMILES string of the molecule is N=NCC=O. The van der Waals surface area contributed by atoms with Gasteiger partial charge < -0.3 is 4.79 Å². The minimum Gasteiger partial charge on any atom is -0.301 e. The summed E-state index contributed by atoms with van der Waals surface area (Å²) in [6.45, 7) is 0. The van der Waals surface area contributed by atoms with Crippen molar-refractivity contribution in [2.24, 2.45) is 5.11 Å². The predicted octanol–water partition coefficient (Wildman–Crippen LogP) is 0.216. The van der Waals surface area contributed by atoms with Crippen LogP contribution in [0.25, 0.3) is 0 Å². The quantitative estimate of drug-likeness (QED) is 0.368. The second-order valence-electron chi connectivity index (χ2n) is 0.507. The Kier molecular flexibility index (Phi) is 2.79. The van der Waals surface area contributed by atoms with Crippen molar-refractivity contribution in [1.29, 1.82) is 5.53 Å². The number of nitrogens with one attached hydrogen (secondary N) is 1. The second kappa shape index (κ2) is 3.27. The first-order valence-corrected chi connectivity index (χ1v) is 1.18. The van der Waals surface area contributed by atoms with Crippen LogP contribution in [0.3, 0.4) is 0 Å². The Hall–Kier alpha value is -0.730. The first kappa shape index (κ1) is 4.27. The van der Waals surface area contributed by atoms with Crippen LogP contribution in [0.15, 0.2) is 5.11 Å². The predicted molar refractivity (Wildman–Crippen MR) is 16.1 cm³/mol. The van der Waals surface area contributed by atoms with Crippen molar-refractivity contribution in [3.63, 3.8) is 0 Å². The van der Waals surface area contributed by atoms with Crippen molar-refractivity contribution in [2.75, 3.05) is 6.54 Å². The van der Waals surface area contributed by atoms with Crippen molar-refractivity contribution in [3.8, 4) is 0 Å². The molecule has 0 aliphatic heterocycles. The number of hydrogen-bond acceptors (Lipinski definition) is 3. The molecule has 0 aliphatic carbocycles. The molecule has 3 heteroatoms. The molecule has 0 saturated carbocycles. The van der Waals surface area contributed by atoms with Crippen LogP contribution >= 0.6 is 0 Å². The highest BCUT2D eigenvalue weighted by Crippen LogP contribution is 1.51. The van der Waals surface area contributed by atoms with Crippen LogP contribution in [0.1, 0.15) is 0 Å². The molecule has 0 fully saturated rings. The molecule has 0 unspecified atom stereocenters. The summed E-state index contributed by atoms with van der Waals surface area (Å²) < 4.78 is 0. The molecule has 3 nitrogen and oxygen atoms in total. The molecule has 0 rings (SSSR count). The maximum atomic E-state index is 9.19. The van der Waals surface area contributed by atoms with Gasteiger partial charge in [0.1, 0.15) is 12.8 Å². The van der Waals surface area contributed by atoms with E-state index in [2.05, 4.69) is 5.11 Å². The lowest BCUT2D eigenvalue weighted by Crippen LogP contribution is -1.71. The molecule has 5 heavy (non-hydrogen) atoms. The molecular weight excluding hydrogens is 68.0 g/mol. The number of carbonyl (C=O) groups is 1. The summed E-state index contributed by atoms with van der Waals surface area (Å²) >= 11 is 0. The topological polar surface area (TPSA) is 53.3 Å². The third kappa shape index (κ3) is 3.27. The van der Waals surface area contributed by atoms with E-state index in [-0.39, 0.29) is 6.54 Å². The molecule has 28 valence electrons. The van der Waals surface area contributed by atoms with Crippen molar-refractivity contribution >= 4 is 6.29 Å². The van der Waals surface area contributed by atoms with E-state index >= 15 is 0 Å². The first-order chi connectivity index (χ1) is 2.41. The van der Waals surface area contributed by atoms with E-state index in [9.17, 15) is 4.79 Å². The van der Waals surface area contributed by atoms with Gasteiger partial charge in [-0.3, -0.25) is 0 Å². The van der Waals surface area contributed by atoms with Gasteiger partial charge in [0.05, 0.1) is 0 Å². The lowest BCUT2D eigenvalue weighted by atomic mass is 10.8. The zero-order valence-corrected chi connectivity index (χ0v) is 2.64. The van der Waals surface area contributed by atoms with Gasteiger partial charge in [-0.05, 0) is 0 Å². The third-order valence-corrected chi connectivity index (χ3v) is 0.166. The Labute approximate surface area is 29.5 Å². The normalized spacial score (nSPS) is 6.40. The minimum atomic E-state index is 0. The van der Waals surface area contributed by atoms with Crippen LogP contribution in [0, 0.1) is 5.53 Å². The molecule has 0 radical (unpaired) electrons. The zero-order chi connectivity index (χ0) is 4.12. The smallest absolute Gasteiger partial charge is 0.143 e. The average Bonchev–Trinajstić information content (AvgIpc) is 1.41. The summed E-state index contributed by atoms with van der Waals surface area (Å²) in [5, 5.41) is 2.74. The molecule has 0 aromatic carbocycles. The van der Waals surface area contributed by atoms with Crippen LogP contribution in [0.4, 0.5) is 0 Å². The number of nitrogens with zero attached hydrogens (tertiary/aromatic N) is 1. The first-order valence-electron chi connectivity index (χ1n) is 1.18. The number of carbonyl (C=O) groups excluding carboxylic acids is 1. The zero-order valence-electron chi connectivity index (χ0n) is 2.64. The van der Waals surface area contributed by atoms with E-state index in [1.54, 1.807) is 0 Å². The number of rotatable bonds is 2. The van der Waals surface area contributed by atoms with E-state index in [0.717, 1.165) is 0 Å².